The molecule has 6 heteroatoms. The molecule has 1 saturated heterocycles. The number of nitrogens with zero attached hydrogens (tertiary/aromatic N) is 2. The monoisotopic (exact) mass is 372 g/mol. The molecule has 5 nitrogen and oxygen atoms in total. The molecule has 3 rings (SSSR count). The number of hydrogen-bond donors (Lipinski definition) is 0. The fraction of sp³-hybridized carbons (Fsp3) is 0.350. The van der Waals surface area contributed by atoms with Gasteiger partial charge in [-0.15, -0.1) is 0 Å². The van der Waals surface area contributed by atoms with Gasteiger partial charge in [-0.2, -0.15) is 4.31 Å². The molecule has 0 aliphatic carbocycles. The standard InChI is InChI=1S/C20H24N2O3S/c1-4-21(5-2)20(23)19-18(16-9-7-6-8-10-16)22(19)26(24,25)17-13-11-15(3)12-14-17/h6-14,18-19H,4-5H2,1-3H3/t18-,19-,22?/m1/s1. The van der Waals surface area contributed by atoms with E-state index in [2.05, 4.69) is 0 Å². The van der Waals surface area contributed by atoms with Crippen LogP contribution in [0.25, 0.3) is 0 Å². The topological polar surface area (TPSA) is 57.5 Å². The first kappa shape index (κ1) is 18.6. The maximum Gasteiger partial charge on any atom is 0.244 e. The molecule has 0 saturated carbocycles. The van der Waals surface area contributed by atoms with Crippen LogP contribution in [0.1, 0.15) is 31.0 Å². The molecule has 1 aliphatic rings. The zero-order chi connectivity index (χ0) is 18.9. The molecular formula is C20H24N2O3S. The van der Waals surface area contributed by atoms with Gasteiger partial charge in [0.2, 0.25) is 15.9 Å². The summed E-state index contributed by atoms with van der Waals surface area (Å²) in [4.78, 5) is 14.8. The van der Waals surface area contributed by atoms with Crippen molar-refractivity contribution in [3.63, 3.8) is 0 Å². The zero-order valence-electron chi connectivity index (χ0n) is 15.3. The fourth-order valence-corrected chi connectivity index (χ4v) is 5.00. The Morgan fingerprint density at radius 2 is 1.58 bits per heavy atom. The van der Waals surface area contributed by atoms with Crippen LogP contribution in [0.15, 0.2) is 59.5 Å². The number of benzene rings is 2. The molecule has 0 N–H and O–H groups in total. The predicted molar refractivity (Wildman–Crippen MR) is 101 cm³/mol. The Labute approximate surface area is 155 Å². The lowest BCUT2D eigenvalue weighted by Crippen LogP contribution is -2.36. The normalized spacial score (nSPS) is 22.0. The summed E-state index contributed by atoms with van der Waals surface area (Å²) in [6.45, 7) is 6.84. The lowest BCUT2D eigenvalue weighted by atomic mass is 10.1. The molecule has 1 fully saturated rings. The Hall–Kier alpha value is -2.18. The SMILES string of the molecule is CCN(CC)C(=O)[C@H]1[C@@H](c2ccccc2)N1S(=O)(=O)c1ccc(C)cc1. The molecule has 1 heterocycles. The summed E-state index contributed by atoms with van der Waals surface area (Å²) in [5.74, 6) is -0.139. The van der Waals surface area contributed by atoms with E-state index in [-0.39, 0.29) is 10.8 Å². The van der Waals surface area contributed by atoms with Crippen LogP contribution in [0.4, 0.5) is 0 Å². The highest BCUT2D eigenvalue weighted by molar-refractivity contribution is 7.89. The minimum Gasteiger partial charge on any atom is -0.342 e. The first-order valence-corrected chi connectivity index (χ1v) is 10.3. The van der Waals surface area contributed by atoms with Gasteiger partial charge in [0.15, 0.2) is 0 Å². The van der Waals surface area contributed by atoms with E-state index in [0.29, 0.717) is 13.1 Å². The van der Waals surface area contributed by atoms with Gasteiger partial charge in [-0.1, -0.05) is 48.0 Å². The van der Waals surface area contributed by atoms with Crippen molar-refractivity contribution in [2.45, 2.75) is 37.8 Å². The maximum atomic E-state index is 13.2. The minimum atomic E-state index is -3.74. The number of likely N-dealkylation sites (N-methyl/N-ethyl adjacent to an activating group) is 1. The van der Waals surface area contributed by atoms with Crippen LogP contribution in [0.5, 0.6) is 0 Å². The Morgan fingerprint density at radius 3 is 2.12 bits per heavy atom. The summed E-state index contributed by atoms with van der Waals surface area (Å²) in [5.41, 5.74) is 1.83. The smallest absolute Gasteiger partial charge is 0.244 e. The molecule has 0 spiro atoms. The average Bonchev–Trinajstić information content (AvgIpc) is 3.40. The summed E-state index contributed by atoms with van der Waals surface area (Å²) < 4.78 is 27.7. The van der Waals surface area contributed by atoms with E-state index < -0.39 is 22.1 Å². The van der Waals surface area contributed by atoms with Crippen molar-refractivity contribution >= 4 is 15.9 Å². The van der Waals surface area contributed by atoms with E-state index in [1.165, 1.54) is 4.31 Å². The second-order valence-corrected chi connectivity index (χ2v) is 8.30. The maximum absolute atomic E-state index is 13.2. The third-order valence-corrected chi connectivity index (χ3v) is 6.70. The van der Waals surface area contributed by atoms with E-state index in [1.807, 2.05) is 51.1 Å². The molecule has 1 amide bonds. The first-order valence-electron chi connectivity index (χ1n) is 8.85. The van der Waals surface area contributed by atoms with Crippen LogP contribution in [-0.4, -0.2) is 42.7 Å². The van der Waals surface area contributed by atoms with E-state index in [4.69, 9.17) is 0 Å². The van der Waals surface area contributed by atoms with Crippen molar-refractivity contribution in [1.29, 1.82) is 0 Å². The van der Waals surface area contributed by atoms with E-state index in [9.17, 15) is 13.2 Å². The van der Waals surface area contributed by atoms with Gasteiger partial charge in [0.1, 0.15) is 6.04 Å². The Balaban J connectivity index is 1.99. The molecule has 3 atom stereocenters. The van der Waals surface area contributed by atoms with Gasteiger partial charge in [-0.3, -0.25) is 4.79 Å². The quantitative estimate of drug-likeness (QED) is 0.733. The molecule has 0 radical (unpaired) electrons. The van der Waals surface area contributed by atoms with Crippen molar-refractivity contribution in [2.24, 2.45) is 0 Å². The third kappa shape index (κ3) is 3.27. The van der Waals surface area contributed by atoms with Crippen molar-refractivity contribution in [2.75, 3.05) is 13.1 Å². The number of hydrogen-bond acceptors (Lipinski definition) is 3. The molecule has 138 valence electrons. The molecule has 2 aromatic rings. The molecule has 1 aliphatic heterocycles. The number of rotatable bonds is 6. The Morgan fingerprint density at radius 1 is 1.00 bits per heavy atom. The van der Waals surface area contributed by atoms with Crippen molar-refractivity contribution in [3.8, 4) is 0 Å². The molecule has 26 heavy (non-hydrogen) atoms. The molecule has 1 unspecified atom stereocenters. The lowest BCUT2D eigenvalue weighted by molar-refractivity contribution is -0.130. The van der Waals surface area contributed by atoms with Crippen LogP contribution in [-0.2, 0) is 14.8 Å². The minimum absolute atomic E-state index is 0.139. The highest BCUT2D eigenvalue weighted by atomic mass is 32.2. The van der Waals surface area contributed by atoms with Gasteiger partial charge >= 0.3 is 0 Å². The largest absolute Gasteiger partial charge is 0.342 e. The van der Waals surface area contributed by atoms with E-state index >= 15 is 0 Å². The summed E-state index contributed by atoms with van der Waals surface area (Å²) >= 11 is 0. The zero-order valence-corrected chi connectivity index (χ0v) is 16.1. The molecule has 2 aromatic carbocycles. The third-order valence-electron chi connectivity index (χ3n) is 4.82. The van der Waals surface area contributed by atoms with Crippen molar-refractivity contribution in [1.82, 2.24) is 9.21 Å². The number of sulfonamides is 1. The van der Waals surface area contributed by atoms with Gasteiger partial charge in [0, 0.05) is 13.1 Å². The Kier molecular flexibility index (Phi) is 5.16. The Bertz CT molecular complexity index is 875. The second kappa shape index (κ2) is 7.21. The van der Waals surface area contributed by atoms with E-state index in [1.54, 1.807) is 29.2 Å². The molecule has 0 aromatic heterocycles. The number of aryl methyl sites for hydroxylation is 1. The van der Waals surface area contributed by atoms with Crippen LogP contribution in [0.3, 0.4) is 0 Å². The predicted octanol–water partition coefficient (Wildman–Crippen LogP) is 2.98. The van der Waals surface area contributed by atoms with Crippen molar-refractivity contribution < 1.29 is 13.2 Å². The first-order chi connectivity index (χ1) is 12.4. The highest BCUT2D eigenvalue weighted by Crippen LogP contribution is 2.48. The van der Waals surface area contributed by atoms with Crippen LogP contribution in [0.2, 0.25) is 0 Å². The fourth-order valence-electron chi connectivity index (χ4n) is 3.29. The lowest BCUT2D eigenvalue weighted by Gasteiger charge is -2.18. The summed E-state index contributed by atoms with van der Waals surface area (Å²) in [6.07, 6.45) is 0. The number of carbonyl (C=O) groups is 1. The van der Waals surface area contributed by atoms with Gasteiger partial charge < -0.3 is 4.90 Å². The summed E-state index contributed by atoms with van der Waals surface area (Å²) in [6, 6.07) is 15.0. The molecular weight excluding hydrogens is 348 g/mol. The average molecular weight is 372 g/mol. The van der Waals surface area contributed by atoms with Crippen LogP contribution in [0, 0.1) is 6.92 Å². The summed E-state index contributed by atoms with van der Waals surface area (Å²) in [7, 11) is -3.74. The van der Waals surface area contributed by atoms with Gasteiger partial charge in [-0.05, 0) is 38.5 Å². The van der Waals surface area contributed by atoms with Crippen LogP contribution >= 0.6 is 0 Å². The van der Waals surface area contributed by atoms with Crippen molar-refractivity contribution in [3.05, 3.63) is 65.7 Å². The second-order valence-electron chi connectivity index (χ2n) is 6.46. The van der Waals surface area contributed by atoms with E-state index in [0.717, 1.165) is 11.1 Å². The number of amides is 1. The van der Waals surface area contributed by atoms with Gasteiger partial charge in [0.05, 0.1) is 10.9 Å². The van der Waals surface area contributed by atoms with Gasteiger partial charge in [0.25, 0.3) is 0 Å². The summed E-state index contributed by atoms with van der Waals surface area (Å²) in [5, 5.41) is 0. The van der Waals surface area contributed by atoms with Crippen LogP contribution < -0.4 is 0 Å². The number of carbonyl (C=O) groups excluding carboxylic acids is 1. The van der Waals surface area contributed by atoms with Gasteiger partial charge in [-0.25, -0.2) is 8.42 Å². The highest BCUT2D eigenvalue weighted by Gasteiger charge is 2.60. The molecule has 0 bridgehead atoms.